The van der Waals surface area contributed by atoms with E-state index >= 15 is 4.39 Å². The van der Waals surface area contributed by atoms with E-state index in [1.165, 1.54) is 6.07 Å². The quantitative estimate of drug-likeness (QED) is 0.279. The van der Waals surface area contributed by atoms with Crippen molar-refractivity contribution in [1.29, 1.82) is 0 Å². The predicted molar refractivity (Wildman–Crippen MR) is 173 cm³/mol. The Morgan fingerprint density at radius 1 is 0.979 bits per heavy atom. The number of aromatic nitrogens is 1. The number of alkyl halides is 4. The summed E-state index contributed by atoms with van der Waals surface area (Å²) >= 11 is 0. The fourth-order valence-corrected chi connectivity index (χ4v) is 7.73. The molecule has 6 rings (SSSR count). The third-order valence-electron chi connectivity index (χ3n) is 10.5. The second kappa shape index (κ2) is 13.3. The molecule has 4 heterocycles. The van der Waals surface area contributed by atoms with E-state index in [1.54, 1.807) is 60.8 Å². The Labute approximate surface area is 277 Å². The number of hydrogen-bond acceptors (Lipinski definition) is 6. The molecule has 0 spiro atoms. The van der Waals surface area contributed by atoms with Crippen LogP contribution in [0.25, 0.3) is 0 Å². The third-order valence-corrected chi connectivity index (χ3v) is 10.5. The van der Waals surface area contributed by atoms with Gasteiger partial charge < -0.3 is 24.5 Å². The van der Waals surface area contributed by atoms with Crippen LogP contribution in [0.2, 0.25) is 0 Å². The molecule has 4 atom stereocenters. The van der Waals surface area contributed by atoms with Crippen LogP contribution in [0.4, 0.5) is 28.9 Å². The summed E-state index contributed by atoms with van der Waals surface area (Å²) in [4.78, 5) is 35.3. The average Bonchev–Trinajstić information content (AvgIpc) is 3.70. The SMILES string of the molecule is CC[C@H]1CN(C(=O)[C@]2(F)CN(c3ccncc3)C[C@H]2c2ccc(OC)cc2)C[C@@H]1c1ccc(C(F)(F)F)cc1N1CCC(C(=O)O)CC1. The summed E-state index contributed by atoms with van der Waals surface area (Å²) in [5.41, 5.74) is -0.561. The minimum atomic E-state index is -4.56. The van der Waals surface area contributed by atoms with Crippen molar-refractivity contribution in [2.75, 3.05) is 56.2 Å². The molecule has 1 amide bonds. The summed E-state index contributed by atoms with van der Waals surface area (Å²) in [7, 11) is 1.55. The van der Waals surface area contributed by atoms with Gasteiger partial charge in [-0.05, 0) is 66.3 Å². The number of pyridine rings is 1. The molecular weight excluding hydrogens is 628 g/mol. The summed E-state index contributed by atoms with van der Waals surface area (Å²) in [6, 6.07) is 14.3. The number of piperidine rings is 1. The highest BCUT2D eigenvalue weighted by molar-refractivity contribution is 5.89. The zero-order valence-electron chi connectivity index (χ0n) is 27.0. The van der Waals surface area contributed by atoms with Gasteiger partial charge in [-0.3, -0.25) is 14.6 Å². The van der Waals surface area contributed by atoms with Gasteiger partial charge in [0.2, 0.25) is 5.67 Å². The summed E-state index contributed by atoms with van der Waals surface area (Å²) in [5.74, 6) is -2.67. The van der Waals surface area contributed by atoms with E-state index in [4.69, 9.17) is 4.74 Å². The number of carbonyl (C=O) groups is 2. The lowest BCUT2D eigenvalue weighted by atomic mass is 9.84. The fraction of sp³-hybridized carbons (Fsp3) is 0.472. The van der Waals surface area contributed by atoms with Gasteiger partial charge in [0.25, 0.3) is 5.91 Å². The number of carbonyl (C=O) groups excluding carboxylic acids is 1. The summed E-state index contributed by atoms with van der Waals surface area (Å²) < 4.78 is 64.6. The molecule has 8 nitrogen and oxygen atoms in total. The van der Waals surface area contributed by atoms with E-state index in [0.717, 1.165) is 17.8 Å². The van der Waals surface area contributed by atoms with Crippen LogP contribution in [-0.4, -0.2) is 78.9 Å². The number of hydrogen-bond donors (Lipinski definition) is 1. The lowest BCUT2D eigenvalue weighted by molar-refractivity contribution is -0.143. The predicted octanol–water partition coefficient (Wildman–Crippen LogP) is 6.37. The highest BCUT2D eigenvalue weighted by atomic mass is 19.4. The zero-order valence-corrected chi connectivity index (χ0v) is 27.0. The van der Waals surface area contributed by atoms with E-state index < -0.39 is 41.1 Å². The molecule has 3 aromatic rings. The maximum absolute atomic E-state index is 17.6. The van der Waals surface area contributed by atoms with Crippen molar-refractivity contribution >= 4 is 23.3 Å². The first-order valence-corrected chi connectivity index (χ1v) is 16.4. The minimum Gasteiger partial charge on any atom is -0.497 e. The van der Waals surface area contributed by atoms with Crippen LogP contribution in [0.3, 0.4) is 0 Å². The van der Waals surface area contributed by atoms with Gasteiger partial charge in [-0.2, -0.15) is 13.2 Å². The first-order valence-electron chi connectivity index (χ1n) is 16.4. The molecule has 1 aromatic heterocycles. The van der Waals surface area contributed by atoms with Crippen LogP contribution in [0.15, 0.2) is 67.0 Å². The zero-order chi connectivity index (χ0) is 34.2. The molecule has 0 saturated carbocycles. The maximum Gasteiger partial charge on any atom is 0.416 e. The highest BCUT2D eigenvalue weighted by Crippen LogP contribution is 2.47. The lowest BCUT2D eigenvalue weighted by Gasteiger charge is -2.35. The first-order chi connectivity index (χ1) is 22.9. The Balaban J connectivity index is 1.32. The minimum absolute atomic E-state index is 0.110. The molecule has 1 N–H and O–H groups in total. The summed E-state index contributed by atoms with van der Waals surface area (Å²) in [6.45, 7) is 3.13. The molecule has 48 heavy (non-hydrogen) atoms. The number of amides is 1. The van der Waals surface area contributed by atoms with Crippen molar-refractivity contribution < 1.29 is 37.0 Å². The molecular formula is C36H40F4N4O4. The standard InChI is InChI=1S/C36H40F4N4O4/c1-3-23-19-43(20-30(23)29-9-6-26(36(38,39)40)18-32(29)42-16-12-25(13-17-42)33(45)46)34(47)35(37)22-44(27-10-14-41-15-11-27)21-31(35)24-4-7-28(48-2)8-5-24/h4-11,14-15,18,23,25,30-31H,3,12-13,16-17,19-22H2,1-2H3,(H,45,46)/t23-,30-,31-,35-/m0/s1. The van der Waals surface area contributed by atoms with Crippen LogP contribution in [0, 0.1) is 11.8 Å². The van der Waals surface area contributed by atoms with Gasteiger partial charge in [-0.15, -0.1) is 0 Å². The molecule has 0 unspecified atom stereocenters. The van der Waals surface area contributed by atoms with E-state index in [-0.39, 0.29) is 38.0 Å². The van der Waals surface area contributed by atoms with Gasteiger partial charge in [0.05, 0.1) is 25.1 Å². The molecule has 12 heteroatoms. The number of aliphatic carboxylic acids is 1. The van der Waals surface area contributed by atoms with Crippen molar-refractivity contribution in [2.45, 2.75) is 49.9 Å². The maximum atomic E-state index is 17.6. The van der Waals surface area contributed by atoms with Crippen molar-refractivity contribution in [2.24, 2.45) is 11.8 Å². The number of rotatable bonds is 8. The molecule has 256 valence electrons. The number of nitrogens with zero attached hydrogens (tertiary/aromatic N) is 4. The third kappa shape index (κ3) is 6.41. The second-order valence-electron chi connectivity index (χ2n) is 13.1. The number of carboxylic acid groups (broad SMARTS) is 1. The Hall–Kier alpha value is -4.35. The number of likely N-dealkylation sites (tertiary alicyclic amines) is 1. The molecule has 0 radical (unpaired) electrons. The Kier molecular flexibility index (Phi) is 9.28. The lowest BCUT2D eigenvalue weighted by Crippen LogP contribution is -2.50. The smallest absolute Gasteiger partial charge is 0.416 e. The number of benzene rings is 2. The van der Waals surface area contributed by atoms with Crippen molar-refractivity contribution in [3.63, 3.8) is 0 Å². The number of carboxylic acids is 1. The molecule has 0 bridgehead atoms. The number of methoxy groups -OCH3 is 1. The monoisotopic (exact) mass is 668 g/mol. The molecule has 3 aliphatic rings. The first kappa shape index (κ1) is 33.5. The van der Waals surface area contributed by atoms with E-state index in [2.05, 4.69) is 4.98 Å². The van der Waals surface area contributed by atoms with Gasteiger partial charge in [-0.25, -0.2) is 4.39 Å². The number of ether oxygens (including phenoxy) is 1. The summed E-state index contributed by atoms with van der Waals surface area (Å²) in [5, 5.41) is 9.48. The Bertz CT molecular complexity index is 1610. The van der Waals surface area contributed by atoms with E-state index in [1.807, 2.05) is 16.7 Å². The van der Waals surface area contributed by atoms with Crippen molar-refractivity contribution in [3.8, 4) is 5.75 Å². The Morgan fingerprint density at radius 3 is 2.27 bits per heavy atom. The Morgan fingerprint density at radius 2 is 1.67 bits per heavy atom. The number of anilines is 2. The van der Waals surface area contributed by atoms with Gasteiger partial charge in [0.15, 0.2) is 0 Å². The average molecular weight is 669 g/mol. The molecule has 0 aliphatic carbocycles. The topological polar surface area (TPSA) is 86.2 Å². The van der Waals surface area contributed by atoms with Crippen molar-refractivity contribution in [3.05, 3.63) is 83.7 Å². The summed E-state index contributed by atoms with van der Waals surface area (Å²) in [6.07, 6.45) is -0.0265. The molecule has 3 aliphatic heterocycles. The van der Waals surface area contributed by atoms with Gasteiger partial charge in [0.1, 0.15) is 5.75 Å². The molecule has 2 aromatic carbocycles. The van der Waals surface area contributed by atoms with Crippen LogP contribution in [0.5, 0.6) is 5.75 Å². The van der Waals surface area contributed by atoms with Crippen LogP contribution in [0.1, 0.15) is 54.7 Å². The molecule has 3 saturated heterocycles. The van der Waals surface area contributed by atoms with Gasteiger partial charge in [-0.1, -0.05) is 31.5 Å². The fourth-order valence-electron chi connectivity index (χ4n) is 7.73. The van der Waals surface area contributed by atoms with E-state index in [9.17, 15) is 27.9 Å². The largest absolute Gasteiger partial charge is 0.497 e. The normalized spacial score (nSPS) is 25.0. The van der Waals surface area contributed by atoms with Gasteiger partial charge >= 0.3 is 12.1 Å². The van der Waals surface area contributed by atoms with Crippen LogP contribution < -0.4 is 14.5 Å². The van der Waals surface area contributed by atoms with E-state index in [0.29, 0.717) is 54.9 Å². The second-order valence-corrected chi connectivity index (χ2v) is 13.1. The van der Waals surface area contributed by atoms with Crippen LogP contribution >= 0.6 is 0 Å². The van der Waals surface area contributed by atoms with Crippen LogP contribution in [-0.2, 0) is 15.8 Å². The van der Waals surface area contributed by atoms with Gasteiger partial charge in [0, 0.05) is 68.3 Å². The van der Waals surface area contributed by atoms with Crippen molar-refractivity contribution in [1.82, 2.24) is 9.88 Å². The molecule has 3 fully saturated rings. The highest BCUT2D eigenvalue weighted by Gasteiger charge is 2.56. The number of halogens is 4.